The van der Waals surface area contributed by atoms with Crippen LogP contribution in [0.3, 0.4) is 0 Å². The molecule has 0 aromatic heterocycles. The van der Waals surface area contributed by atoms with E-state index in [2.05, 4.69) is 48.3 Å². The summed E-state index contributed by atoms with van der Waals surface area (Å²) < 4.78 is 5.22. The van der Waals surface area contributed by atoms with Gasteiger partial charge >= 0.3 is 0 Å². The van der Waals surface area contributed by atoms with Crippen molar-refractivity contribution in [2.24, 2.45) is 10.9 Å². The molecular formula is C22H38ClN5O. The van der Waals surface area contributed by atoms with Crippen LogP contribution in [0.15, 0.2) is 23.2 Å². The standard InChI is InChI=1S/C22H38ClN5O/c1-6-24-22(25-10-9-18-7-8-19(29-5)15-20(18)23)26-16-21(17(2)3)28-13-11-27(4)12-14-28/h7-8,15,17,21H,6,9-14,16H2,1-5H3,(H2,24,25,26). The number of hydrogen-bond donors (Lipinski definition) is 2. The summed E-state index contributed by atoms with van der Waals surface area (Å²) in [5.41, 5.74) is 1.10. The Morgan fingerprint density at radius 2 is 1.93 bits per heavy atom. The molecule has 29 heavy (non-hydrogen) atoms. The van der Waals surface area contributed by atoms with Gasteiger partial charge in [0.25, 0.3) is 0 Å². The van der Waals surface area contributed by atoms with Crippen LogP contribution in [-0.4, -0.2) is 81.8 Å². The minimum atomic E-state index is 0.468. The Morgan fingerprint density at radius 1 is 1.21 bits per heavy atom. The summed E-state index contributed by atoms with van der Waals surface area (Å²) in [6.45, 7) is 13.6. The van der Waals surface area contributed by atoms with E-state index >= 15 is 0 Å². The lowest BCUT2D eigenvalue weighted by Crippen LogP contribution is -2.52. The van der Waals surface area contributed by atoms with E-state index in [0.29, 0.717) is 12.0 Å². The summed E-state index contributed by atoms with van der Waals surface area (Å²) in [4.78, 5) is 9.88. The second-order valence-electron chi connectivity index (χ2n) is 8.00. The SMILES string of the molecule is CCNC(=NCC(C(C)C)N1CCN(C)CC1)NCCc1ccc(OC)cc1Cl. The van der Waals surface area contributed by atoms with Gasteiger partial charge in [-0.1, -0.05) is 31.5 Å². The molecule has 2 rings (SSSR count). The highest BCUT2D eigenvalue weighted by Crippen LogP contribution is 2.22. The molecule has 2 N–H and O–H groups in total. The molecule has 164 valence electrons. The number of hydrogen-bond acceptors (Lipinski definition) is 4. The smallest absolute Gasteiger partial charge is 0.191 e. The van der Waals surface area contributed by atoms with E-state index in [-0.39, 0.29) is 0 Å². The van der Waals surface area contributed by atoms with E-state index in [1.54, 1.807) is 7.11 Å². The summed E-state index contributed by atoms with van der Waals surface area (Å²) in [5.74, 6) is 2.23. The molecule has 1 heterocycles. The van der Waals surface area contributed by atoms with Crippen LogP contribution in [0.4, 0.5) is 0 Å². The van der Waals surface area contributed by atoms with Crippen molar-refractivity contribution in [2.75, 3.05) is 60.0 Å². The van der Waals surface area contributed by atoms with Crippen molar-refractivity contribution in [1.82, 2.24) is 20.4 Å². The molecule has 0 saturated carbocycles. The maximum Gasteiger partial charge on any atom is 0.191 e. The fourth-order valence-corrected chi connectivity index (χ4v) is 3.87. The molecule has 1 atom stereocenters. The summed E-state index contributed by atoms with van der Waals surface area (Å²) >= 11 is 6.36. The van der Waals surface area contributed by atoms with Gasteiger partial charge in [-0.3, -0.25) is 9.89 Å². The Balaban J connectivity index is 1.92. The number of methoxy groups -OCH3 is 1. The van der Waals surface area contributed by atoms with Crippen LogP contribution < -0.4 is 15.4 Å². The van der Waals surface area contributed by atoms with Gasteiger partial charge in [0.1, 0.15) is 5.75 Å². The van der Waals surface area contributed by atoms with Crippen molar-refractivity contribution in [1.29, 1.82) is 0 Å². The molecule has 1 saturated heterocycles. The van der Waals surface area contributed by atoms with E-state index in [1.165, 1.54) is 0 Å². The fraction of sp³-hybridized carbons (Fsp3) is 0.682. The summed E-state index contributed by atoms with van der Waals surface area (Å²) in [5, 5.41) is 7.56. The molecule has 0 spiro atoms. The molecule has 1 unspecified atom stereocenters. The Bertz CT molecular complexity index is 644. The summed E-state index contributed by atoms with van der Waals surface area (Å²) in [6, 6.07) is 6.30. The van der Waals surface area contributed by atoms with Gasteiger partial charge in [0.05, 0.1) is 13.7 Å². The molecule has 0 bridgehead atoms. The van der Waals surface area contributed by atoms with Crippen LogP contribution >= 0.6 is 11.6 Å². The molecule has 7 heteroatoms. The first-order valence-corrected chi connectivity index (χ1v) is 11.1. The van der Waals surface area contributed by atoms with Gasteiger partial charge in [-0.2, -0.15) is 0 Å². The molecule has 6 nitrogen and oxygen atoms in total. The average Bonchev–Trinajstić information content (AvgIpc) is 2.70. The minimum Gasteiger partial charge on any atom is -0.497 e. The molecular weight excluding hydrogens is 386 g/mol. The van der Waals surface area contributed by atoms with Crippen molar-refractivity contribution in [3.05, 3.63) is 28.8 Å². The van der Waals surface area contributed by atoms with E-state index in [4.69, 9.17) is 21.3 Å². The summed E-state index contributed by atoms with van der Waals surface area (Å²) in [6.07, 6.45) is 0.833. The van der Waals surface area contributed by atoms with Crippen molar-refractivity contribution in [2.45, 2.75) is 33.2 Å². The lowest BCUT2D eigenvalue weighted by molar-refractivity contribution is 0.0925. The number of benzene rings is 1. The van der Waals surface area contributed by atoms with Gasteiger partial charge in [0.15, 0.2) is 5.96 Å². The normalized spacial score (nSPS) is 17.4. The minimum absolute atomic E-state index is 0.468. The zero-order valence-electron chi connectivity index (χ0n) is 18.7. The third-order valence-electron chi connectivity index (χ3n) is 5.50. The van der Waals surface area contributed by atoms with Crippen LogP contribution in [0, 0.1) is 5.92 Å². The van der Waals surface area contributed by atoms with E-state index in [0.717, 1.165) is 74.5 Å². The topological polar surface area (TPSA) is 52.1 Å². The molecule has 1 aromatic carbocycles. The Labute approximate surface area is 181 Å². The van der Waals surface area contributed by atoms with Gasteiger partial charge in [-0.25, -0.2) is 0 Å². The fourth-order valence-electron chi connectivity index (χ4n) is 3.60. The molecule has 0 aliphatic carbocycles. The van der Waals surface area contributed by atoms with Gasteiger partial charge in [0.2, 0.25) is 0 Å². The number of piperazine rings is 1. The van der Waals surface area contributed by atoms with Crippen molar-refractivity contribution < 1.29 is 4.74 Å². The molecule has 1 aliphatic rings. The van der Waals surface area contributed by atoms with Gasteiger partial charge in [-0.15, -0.1) is 0 Å². The number of halogens is 1. The van der Waals surface area contributed by atoms with Crippen LogP contribution in [0.1, 0.15) is 26.3 Å². The average molecular weight is 424 g/mol. The highest BCUT2D eigenvalue weighted by molar-refractivity contribution is 6.31. The first kappa shape index (κ1) is 23.8. The highest BCUT2D eigenvalue weighted by Gasteiger charge is 2.24. The van der Waals surface area contributed by atoms with Crippen molar-refractivity contribution >= 4 is 17.6 Å². The number of guanidine groups is 1. The lowest BCUT2D eigenvalue weighted by Gasteiger charge is -2.39. The highest BCUT2D eigenvalue weighted by atomic mass is 35.5. The number of ether oxygens (including phenoxy) is 1. The molecule has 1 fully saturated rings. The number of likely N-dealkylation sites (N-methyl/N-ethyl adjacent to an activating group) is 1. The third-order valence-corrected chi connectivity index (χ3v) is 5.86. The third kappa shape index (κ3) is 7.68. The number of rotatable bonds is 9. The largest absolute Gasteiger partial charge is 0.497 e. The monoisotopic (exact) mass is 423 g/mol. The second-order valence-corrected chi connectivity index (χ2v) is 8.41. The number of nitrogens with one attached hydrogen (secondary N) is 2. The van der Waals surface area contributed by atoms with Gasteiger partial charge in [0, 0.05) is 50.3 Å². The van der Waals surface area contributed by atoms with E-state index in [1.807, 2.05) is 18.2 Å². The second kappa shape index (κ2) is 12.3. The molecule has 0 amide bonds. The lowest BCUT2D eigenvalue weighted by atomic mass is 10.0. The quantitative estimate of drug-likeness (QED) is 0.472. The Kier molecular flexibility index (Phi) is 10.0. The Hall–Kier alpha value is -1.50. The van der Waals surface area contributed by atoms with Crippen LogP contribution in [0.5, 0.6) is 5.75 Å². The Morgan fingerprint density at radius 3 is 2.52 bits per heavy atom. The molecule has 1 aliphatic heterocycles. The zero-order valence-corrected chi connectivity index (χ0v) is 19.4. The predicted octanol–water partition coefficient (Wildman–Crippen LogP) is 2.72. The van der Waals surface area contributed by atoms with Crippen molar-refractivity contribution in [3.8, 4) is 5.75 Å². The van der Waals surface area contributed by atoms with Gasteiger partial charge < -0.3 is 20.3 Å². The van der Waals surface area contributed by atoms with Crippen LogP contribution in [-0.2, 0) is 6.42 Å². The molecule has 0 radical (unpaired) electrons. The number of aliphatic imine (C=N–C) groups is 1. The van der Waals surface area contributed by atoms with E-state index < -0.39 is 0 Å². The van der Waals surface area contributed by atoms with Crippen LogP contribution in [0.2, 0.25) is 5.02 Å². The zero-order chi connectivity index (χ0) is 21.2. The van der Waals surface area contributed by atoms with Crippen LogP contribution in [0.25, 0.3) is 0 Å². The maximum absolute atomic E-state index is 6.36. The van der Waals surface area contributed by atoms with Gasteiger partial charge in [-0.05, 0) is 44.0 Å². The first-order chi connectivity index (χ1) is 13.9. The van der Waals surface area contributed by atoms with Crippen molar-refractivity contribution in [3.63, 3.8) is 0 Å². The number of nitrogens with zero attached hydrogens (tertiary/aromatic N) is 3. The predicted molar refractivity (Wildman–Crippen MR) is 123 cm³/mol. The maximum atomic E-state index is 6.36. The molecule has 1 aromatic rings. The first-order valence-electron chi connectivity index (χ1n) is 10.7. The van der Waals surface area contributed by atoms with E-state index in [9.17, 15) is 0 Å². The summed E-state index contributed by atoms with van der Waals surface area (Å²) in [7, 11) is 3.85.